The van der Waals surface area contributed by atoms with Gasteiger partial charge in [0.1, 0.15) is 0 Å². The molecule has 1 N–H and O–H groups in total. The molecule has 1 atom stereocenters. The van der Waals surface area contributed by atoms with Crippen molar-refractivity contribution in [1.82, 2.24) is 5.01 Å². The summed E-state index contributed by atoms with van der Waals surface area (Å²) in [5, 5.41) is 14.9. The van der Waals surface area contributed by atoms with Gasteiger partial charge in [-0.2, -0.15) is 5.10 Å². The number of rotatable bonds is 6. The van der Waals surface area contributed by atoms with Crippen LogP contribution >= 0.6 is 31.9 Å². The van der Waals surface area contributed by atoms with E-state index in [1.807, 2.05) is 48.5 Å². The van der Waals surface area contributed by atoms with Crippen LogP contribution in [0.25, 0.3) is 0 Å². The number of hydrogen-bond acceptors (Lipinski definition) is 3. The third-order valence-electron chi connectivity index (χ3n) is 4.38. The van der Waals surface area contributed by atoms with Crippen LogP contribution in [0.15, 0.2) is 62.6 Å². The third-order valence-corrected chi connectivity index (χ3v) is 5.44. The van der Waals surface area contributed by atoms with Crippen molar-refractivity contribution in [3.8, 4) is 0 Å². The molecule has 140 valence electrons. The van der Waals surface area contributed by atoms with Gasteiger partial charge in [0.15, 0.2) is 0 Å². The highest BCUT2D eigenvalue weighted by atomic mass is 79.9. The van der Waals surface area contributed by atoms with Gasteiger partial charge in [-0.1, -0.05) is 56.1 Å². The second-order valence-electron chi connectivity index (χ2n) is 6.31. The van der Waals surface area contributed by atoms with Gasteiger partial charge in [-0.25, -0.2) is 5.01 Å². The molecule has 0 radical (unpaired) electrons. The smallest absolute Gasteiger partial charge is 0.303 e. The molecule has 0 bridgehead atoms. The maximum absolute atomic E-state index is 12.7. The Morgan fingerprint density at radius 3 is 2.19 bits per heavy atom. The highest BCUT2D eigenvalue weighted by Crippen LogP contribution is 2.34. The summed E-state index contributed by atoms with van der Waals surface area (Å²) < 4.78 is 1.95. The van der Waals surface area contributed by atoms with Gasteiger partial charge in [-0.3, -0.25) is 9.59 Å². The number of carboxylic acids is 1. The van der Waals surface area contributed by atoms with Gasteiger partial charge < -0.3 is 5.11 Å². The van der Waals surface area contributed by atoms with Crippen LogP contribution in [0.5, 0.6) is 0 Å². The highest BCUT2D eigenvalue weighted by Gasteiger charge is 2.32. The number of carbonyl (C=O) groups is 2. The fourth-order valence-corrected chi connectivity index (χ4v) is 3.54. The Morgan fingerprint density at radius 1 is 1.00 bits per heavy atom. The summed E-state index contributed by atoms with van der Waals surface area (Å²) in [5.74, 6) is -1.05. The summed E-state index contributed by atoms with van der Waals surface area (Å²) >= 11 is 6.86. The Hall–Kier alpha value is -1.99. The first-order chi connectivity index (χ1) is 12.9. The van der Waals surface area contributed by atoms with Gasteiger partial charge in [-0.15, -0.1) is 0 Å². The lowest BCUT2D eigenvalue weighted by Gasteiger charge is -2.22. The van der Waals surface area contributed by atoms with Gasteiger partial charge >= 0.3 is 5.97 Å². The molecular formula is C20H18Br2N2O3. The van der Waals surface area contributed by atoms with Crippen LogP contribution in [-0.4, -0.2) is 27.7 Å². The van der Waals surface area contributed by atoms with Gasteiger partial charge in [0.25, 0.3) is 0 Å². The fraction of sp³-hybridized carbons (Fsp3) is 0.250. The van der Waals surface area contributed by atoms with E-state index in [1.54, 1.807) is 0 Å². The van der Waals surface area contributed by atoms with E-state index in [4.69, 9.17) is 5.11 Å². The summed E-state index contributed by atoms with van der Waals surface area (Å²) in [5.41, 5.74) is 2.82. The highest BCUT2D eigenvalue weighted by molar-refractivity contribution is 9.10. The number of carbonyl (C=O) groups excluding carboxylic acids is 1. The number of hydrazone groups is 1. The van der Waals surface area contributed by atoms with Gasteiger partial charge in [0.2, 0.25) is 5.91 Å². The molecule has 0 fully saturated rings. The standard InChI is InChI=1S/C20H18Br2N2O3/c21-15-8-4-13(5-9-15)17-12-18(14-6-10-16(22)11-7-14)24(23-17)19(25)2-1-3-20(26)27/h4-11,18H,1-3,12H2,(H,26,27)/t18-/m1/s1. The Balaban J connectivity index is 1.85. The molecule has 0 aliphatic carbocycles. The van der Waals surface area contributed by atoms with Crippen molar-refractivity contribution in [1.29, 1.82) is 0 Å². The van der Waals surface area contributed by atoms with Crippen molar-refractivity contribution >= 4 is 49.4 Å². The monoisotopic (exact) mass is 492 g/mol. The number of amides is 1. The first-order valence-corrected chi connectivity index (χ1v) is 10.2. The molecule has 1 aliphatic rings. The third kappa shape index (κ3) is 5.05. The molecule has 2 aromatic rings. The average molecular weight is 494 g/mol. The minimum atomic E-state index is -0.896. The number of benzene rings is 2. The first-order valence-electron chi connectivity index (χ1n) is 8.57. The summed E-state index contributed by atoms with van der Waals surface area (Å²) in [4.78, 5) is 23.4. The Labute approximate surface area is 174 Å². The zero-order valence-corrected chi connectivity index (χ0v) is 17.6. The van der Waals surface area contributed by atoms with Crippen molar-refractivity contribution < 1.29 is 14.7 Å². The van der Waals surface area contributed by atoms with E-state index in [2.05, 4.69) is 37.0 Å². The SMILES string of the molecule is O=C(O)CCCC(=O)N1N=C(c2ccc(Br)cc2)C[C@@H]1c1ccc(Br)cc1. The maximum atomic E-state index is 12.7. The maximum Gasteiger partial charge on any atom is 0.303 e. The molecular weight excluding hydrogens is 476 g/mol. The summed E-state index contributed by atoms with van der Waals surface area (Å²) in [6, 6.07) is 15.5. The van der Waals surface area contributed by atoms with Crippen LogP contribution in [0.3, 0.4) is 0 Å². The van der Waals surface area contributed by atoms with Crippen LogP contribution in [-0.2, 0) is 9.59 Å². The van der Waals surface area contributed by atoms with Crippen LogP contribution in [0, 0.1) is 0 Å². The molecule has 27 heavy (non-hydrogen) atoms. The number of aliphatic carboxylic acids is 1. The molecule has 2 aromatic carbocycles. The second kappa shape index (κ2) is 8.80. The minimum absolute atomic E-state index is 0.0220. The normalized spacial score (nSPS) is 16.3. The van der Waals surface area contributed by atoms with Crippen molar-refractivity contribution in [3.05, 3.63) is 68.6 Å². The van der Waals surface area contributed by atoms with E-state index in [9.17, 15) is 9.59 Å². The lowest BCUT2D eigenvalue weighted by Crippen LogP contribution is -2.27. The van der Waals surface area contributed by atoms with Crippen LogP contribution in [0.2, 0.25) is 0 Å². The summed E-state index contributed by atoms with van der Waals surface area (Å²) in [6.07, 6.45) is 1.07. The summed E-state index contributed by atoms with van der Waals surface area (Å²) in [7, 11) is 0. The van der Waals surface area contributed by atoms with Crippen LogP contribution < -0.4 is 0 Å². The van der Waals surface area contributed by atoms with Gasteiger partial charge in [-0.05, 0) is 41.8 Å². The Morgan fingerprint density at radius 2 is 1.59 bits per heavy atom. The lowest BCUT2D eigenvalue weighted by atomic mass is 9.98. The quantitative estimate of drug-likeness (QED) is 0.605. The molecule has 0 unspecified atom stereocenters. The van der Waals surface area contributed by atoms with E-state index < -0.39 is 5.97 Å². The number of carboxylic acid groups (broad SMARTS) is 1. The molecule has 1 heterocycles. The summed E-state index contributed by atoms with van der Waals surface area (Å²) in [6.45, 7) is 0. The van der Waals surface area contributed by atoms with Crippen molar-refractivity contribution in [2.75, 3.05) is 0 Å². The van der Waals surface area contributed by atoms with E-state index >= 15 is 0 Å². The largest absolute Gasteiger partial charge is 0.481 e. The zero-order chi connectivity index (χ0) is 19.4. The van der Waals surface area contributed by atoms with E-state index in [-0.39, 0.29) is 24.8 Å². The van der Waals surface area contributed by atoms with Gasteiger partial charge in [0, 0.05) is 28.2 Å². The molecule has 0 saturated carbocycles. The molecule has 0 spiro atoms. The molecule has 7 heteroatoms. The van der Waals surface area contributed by atoms with Crippen LogP contribution in [0.1, 0.15) is 42.9 Å². The molecule has 0 saturated heterocycles. The fourth-order valence-electron chi connectivity index (χ4n) is 3.01. The number of nitrogens with zero attached hydrogens (tertiary/aromatic N) is 2. The second-order valence-corrected chi connectivity index (χ2v) is 8.14. The molecule has 1 aliphatic heterocycles. The molecule has 5 nitrogen and oxygen atoms in total. The van der Waals surface area contributed by atoms with Crippen molar-refractivity contribution in [3.63, 3.8) is 0 Å². The minimum Gasteiger partial charge on any atom is -0.481 e. The van der Waals surface area contributed by atoms with E-state index in [1.165, 1.54) is 5.01 Å². The lowest BCUT2D eigenvalue weighted by molar-refractivity contribution is -0.137. The number of halogens is 2. The zero-order valence-electron chi connectivity index (χ0n) is 14.4. The Bertz CT molecular complexity index is 864. The number of hydrogen-bond donors (Lipinski definition) is 1. The molecule has 1 amide bonds. The average Bonchev–Trinajstić information content (AvgIpc) is 3.08. The molecule has 0 aromatic heterocycles. The first kappa shape index (κ1) is 19.8. The predicted molar refractivity (Wildman–Crippen MR) is 111 cm³/mol. The Kier molecular flexibility index (Phi) is 6.44. The van der Waals surface area contributed by atoms with Crippen molar-refractivity contribution in [2.24, 2.45) is 5.10 Å². The van der Waals surface area contributed by atoms with Crippen LogP contribution in [0.4, 0.5) is 0 Å². The van der Waals surface area contributed by atoms with E-state index in [0.717, 1.165) is 25.8 Å². The topological polar surface area (TPSA) is 70.0 Å². The molecule has 3 rings (SSSR count). The predicted octanol–water partition coefficient (Wildman–Crippen LogP) is 5.14. The van der Waals surface area contributed by atoms with E-state index in [0.29, 0.717) is 12.8 Å². The van der Waals surface area contributed by atoms with Crippen molar-refractivity contribution in [2.45, 2.75) is 31.7 Å². The van der Waals surface area contributed by atoms with Gasteiger partial charge in [0.05, 0.1) is 11.8 Å².